The molecule has 1 N–H and O–H groups in total. The van der Waals surface area contributed by atoms with E-state index in [-0.39, 0.29) is 17.5 Å². The highest BCUT2D eigenvalue weighted by molar-refractivity contribution is 7.89. The Hall–Kier alpha value is -1.60. The Labute approximate surface area is 129 Å². The van der Waals surface area contributed by atoms with Gasteiger partial charge in [-0.25, -0.2) is 8.42 Å². The molecule has 0 saturated carbocycles. The SMILES string of the molecule is CC1CCC(C(=O)O)CN1S(=O)(=O)c1ccc2c(c1)CCO2. The number of carboxylic acid groups (broad SMARTS) is 1. The van der Waals surface area contributed by atoms with E-state index in [0.29, 0.717) is 25.9 Å². The van der Waals surface area contributed by atoms with Crippen LogP contribution in [0.3, 0.4) is 0 Å². The van der Waals surface area contributed by atoms with E-state index < -0.39 is 21.9 Å². The molecule has 2 heterocycles. The van der Waals surface area contributed by atoms with Crippen LogP contribution >= 0.6 is 0 Å². The third-order valence-electron chi connectivity index (χ3n) is 4.44. The van der Waals surface area contributed by atoms with Crippen molar-refractivity contribution in [2.75, 3.05) is 13.2 Å². The van der Waals surface area contributed by atoms with Crippen molar-refractivity contribution in [1.29, 1.82) is 0 Å². The summed E-state index contributed by atoms with van der Waals surface area (Å²) < 4.78 is 32.4. The van der Waals surface area contributed by atoms with Crippen LogP contribution in [-0.2, 0) is 21.2 Å². The van der Waals surface area contributed by atoms with Crippen LogP contribution in [0.2, 0.25) is 0 Å². The summed E-state index contributed by atoms with van der Waals surface area (Å²) in [5, 5.41) is 9.17. The van der Waals surface area contributed by atoms with Crippen molar-refractivity contribution < 1.29 is 23.1 Å². The second-order valence-electron chi connectivity index (χ2n) is 5.90. The Morgan fingerprint density at radius 2 is 2.14 bits per heavy atom. The van der Waals surface area contributed by atoms with Gasteiger partial charge < -0.3 is 9.84 Å². The third-order valence-corrected chi connectivity index (χ3v) is 6.42. The first-order chi connectivity index (χ1) is 10.4. The van der Waals surface area contributed by atoms with Crippen LogP contribution < -0.4 is 4.74 Å². The van der Waals surface area contributed by atoms with Crippen LogP contribution in [0.15, 0.2) is 23.1 Å². The fourth-order valence-electron chi connectivity index (χ4n) is 3.07. The van der Waals surface area contributed by atoms with Gasteiger partial charge in [-0.05, 0) is 43.5 Å². The normalized spacial score (nSPS) is 25.5. The number of benzene rings is 1. The van der Waals surface area contributed by atoms with Gasteiger partial charge >= 0.3 is 5.97 Å². The fourth-order valence-corrected chi connectivity index (χ4v) is 4.83. The molecule has 1 aromatic rings. The zero-order chi connectivity index (χ0) is 15.9. The largest absolute Gasteiger partial charge is 0.493 e. The standard InChI is InChI=1S/C15H19NO5S/c1-10-2-3-12(15(17)18)9-16(10)22(19,20)13-4-5-14-11(8-13)6-7-21-14/h4-5,8,10,12H,2-3,6-7,9H2,1H3,(H,17,18). The Kier molecular flexibility index (Phi) is 3.86. The molecule has 0 radical (unpaired) electrons. The van der Waals surface area contributed by atoms with Crippen LogP contribution in [-0.4, -0.2) is 43.0 Å². The zero-order valence-electron chi connectivity index (χ0n) is 12.4. The molecule has 0 aliphatic carbocycles. The molecule has 120 valence electrons. The number of piperidine rings is 1. The quantitative estimate of drug-likeness (QED) is 0.910. The monoisotopic (exact) mass is 325 g/mol. The van der Waals surface area contributed by atoms with Crippen molar-refractivity contribution in [3.05, 3.63) is 23.8 Å². The minimum Gasteiger partial charge on any atom is -0.493 e. The maximum Gasteiger partial charge on any atom is 0.307 e. The molecule has 6 nitrogen and oxygen atoms in total. The number of aliphatic carboxylic acids is 1. The first-order valence-corrected chi connectivity index (χ1v) is 8.84. The lowest BCUT2D eigenvalue weighted by Crippen LogP contribution is -2.47. The second kappa shape index (κ2) is 5.55. The lowest BCUT2D eigenvalue weighted by molar-refractivity contribution is -0.143. The molecule has 2 atom stereocenters. The highest BCUT2D eigenvalue weighted by Gasteiger charge is 2.37. The molecule has 2 aliphatic rings. The van der Waals surface area contributed by atoms with Gasteiger partial charge in [0, 0.05) is 19.0 Å². The molecule has 0 aromatic heterocycles. The van der Waals surface area contributed by atoms with Crippen molar-refractivity contribution in [1.82, 2.24) is 4.31 Å². The molecule has 1 fully saturated rings. The summed E-state index contributed by atoms with van der Waals surface area (Å²) in [5.74, 6) is -0.841. The molecular weight excluding hydrogens is 306 g/mol. The maximum atomic E-state index is 12.9. The van der Waals surface area contributed by atoms with Gasteiger partial charge in [-0.3, -0.25) is 4.79 Å². The molecule has 1 aromatic carbocycles. The Morgan fingerprint density at radius 3 is 2.86 bits per heavy atom. The Balaban J connectivity index is 1.92. The van der Waals surface area contributed by atoms with Crippen molar-refractivity contribution >= 4 is 16.0 Å². The fraction of sp³-hybridized carbons (Fsp3) is 0.533. The van der Waals surface area contributed by atoms with Gasteiger partial charge in [0.2, 0.25) is 10.0 Å². The lowest BCUT2D eigenvalue weighted by atomic mass is 9.96. The Bertz CT molecular complexity index is 700. The first kappa shape index (κ1) is 15.3. The van der Waals surface area contributed by atoms with E-state index in [1.807, 2.05) is 6.92 Å². The van der Waals surface area contributed by atoms with Crippen molar-refractivity contribution in [3.8, 4) is 5.75 Å². The van der Waals surface area contributed by atoms with E-state index in [0.717, 1.165) is 11.3 Å². The number of hydrogen-bond donors (Lipinski definition) is 1. The minimum absolute atomic E-state index is 0.0341. The van der Waals surface area contributed by atoms with Crippen molar-refractivity contribution in [3.63, 3.8) is 0 Å². The highest BCUT2D eigenvalue weighted by atomic mass is 32.2. The number of hydrogen-bond acceptors (Lipinski definition) is 4. The van der Waals surface area contributed by atoms with Crippen molar-refractivity contribution in [2.24, 2.45) is 5.92 Å². The van der Waals surface area contributed by atoms with Gasteiger partial charge in [0.05, 0.1) is 17.4 Å². The van der Waals surface area contributed by atoms with Gasteiger partial charge in [0.25, 0.3) is 0 Å². The summed E-state index contributed by atoms with van der Waals surface area (Å²) in [6.45, 7) is 2.43. The summed E-state index contributed by atoms with van der Waals surface area (Å²) in [7, 11) is -3.68. The van der Waals surface area contributed by atoms with Gasteiger partial charge in [-0.15, -0.1) is 0 Å². The van der Waals surface area contributed by atoms with Crippen LogP contribution in [0.5, 0.6) is 5.75 Å². The van der Waals surface area contributed by atoms with E-state index in [4.69, 9.17) is 9.84 Å². The van der Waals surface area contributed by atoms with Crippen LogP contribution in [0.1, 0.15) is 25.3 Å². The second-order valence-corrected chi connectivity index (χ2v) is 7.79. The molecular formula is C15H19NO5S. The third kappa shape index (κ3) is 2.59. The van der Waals surface area contributed by atoms with E-state index in [2.05, 4.69) is 0 Å². The number of carboxylic acids is 1. The van der Waals surface area contributed by atoms with Gasteiger partial charge in [0.15, 0.2) is 0 Å². The highest BCUT2D eigenvalue weighted by Crippen LogP contribution is 2.32. The lowest BCUT2D eigenvalue weighted by Gasteiger charge is -2.35. The number of ether oxygens (including phenoxy) is 1. The summed E-state index contributed by atoms with van der Waals surface area (Å²) >= 11 is 0. The van der Waals surface area contributed by atoms with Crippen LogP contribution in [0.25, 0.3) is 0 Å². The van der Waals surface area contributed by atoms with E-state index in [1.165, 1.54) is 10.4 Å². The van der Waals surface area contributed by atoms with Gasteiger partial charge in [0.1, 0.15) is 5.75 Å². The van der Waals surface area contributed by atoms with Crippen LogP contribution in [0, 0.1) is 5.92 Å². The Morgan fingerprint density at radius 1 is 1.36 bits per heavy atom. The predicted molar refractivity (Wildman–Crippen MR) is 79.4 cm³/mol. The molecule has 7 heteroatoms. The van der Waals surface area contributed by atoms with E-state index >= 15 is 0 Å². The van der Waals surface area contributed by atoms with Gasteiger partial charge in [-0.2, -0.15) is 4.31 Å². The molecule has 1 saturated heterocycles. The number of nitrogens with zero attached hydrogens (tertiary/aromatic N) is 1. The van der Waals surface area contributed by atoms with Crippen LogP contribution in [0.4, 0.5) is 0 Å². The summed E-state index contributed by atoms with van der Waals surface area (Å²) in [4.78, 5) is 11.4. The van der Waals surface area contributed by atoms with E-state index in [1.54, 1.807) is 12.1 Å². The van der Waals surface area contributed by atoms with E-state index in [9.17, 15) is 13.2 Å². The zero-order valence-corrected chi connectivity index (χ0v) is 13.2. The molecule has 0 bridgehead atoms. The average Bonchev–Trinajstić information content (AvgIpc) is 2.94. The minimum atomic E-state index is -3.68. The summed E-state index contributed by atoms with van der Waals surface area (Å²) in [5.41, 5.74) is 0.889. The number of rotatable bonds is 3. The molecule has 0 amide bonds. The smallest absolute Gasteiger partial charge is 0.307 e. The predicted octanol–water partition coefficient (Wildman–Crippen LogP) is 1.50. The summed E-state index contributed by atoms with van der Waals surface area (Å²) in [6.07, 6.45) is 1.77. The number of sulfonamides is 1. The molecule has 3 rings (SSSR count). The molecule has 0 spiro atoms. The van der Waals surface area contributed by atoms with Gasteiger partial charge in [-0.1, -0.05) is 0 Å². The molecule has 2 aliphatic heterocycles. The number of carbonyl (C=O) groups is 1. The first-order valence-electron chi connectivity index (χ1n) is 7.40. The molecule has 2 unspecified atom stereocenters. The molecule has 22 heavy (non-hydrogen) atoms. The van der Waals surface area contributed by atoms with Crippen molar-refractivity contribution in [2.45, 2.75) is 37.1 Å². The number of fused-ring (bicyclic) bond motifs is 1. The summed E-state index contributed by atoms with van der Waals surface area (Å²) in [6, 6.07) is 4.68. The topological polar surface area (TPSA) is 83.9 Å². The average molecular weight is 325 g/mol. The maximum absolute atomic E-state index is 12.9.